The molecule has 1 heterocycles. The van der Waals surface area contributed by atoms with Crippen LogP contribution in [0.1, 0.15) is 40.5 Å². The monoisotopic (exact) mass is 364 g/mol. The van der Waals surface area contributed by atoms with Crippen molar-refractivity contribution in [2.75, 3.05) is 26.2 Å². The summed E-state index contributed by atoms with van der Waals surface area (Å²) in [6.07, 6.45) is 2.17. The molecule has 1 unspecified atom stereocenters. The van der Waals surface area contributed by atoms with Crippen LogP contribution in [-0.2, 0) is 0 Å². The molecule has 1 saturated heterocycles. The fourth-order valence-electron chi connectivity index (χ4n) is 3.08. The molecule has 0 saturated carbocycles. The average molecular weight is 365 g/mol. The second kappa shape index (κ2) is 10.4. The molecule has 0 amide bonds. The number of piperidine rings is 1. The van der Waals surface area contributed by atoms with E-state index in [1.54, 1.807) is 12.1 Å². The largest absolute Gasteiger partial charge is 0.489 e. The van der Waals surface area contributed by atoms with E-state index >= 15 is 0 Å². The predicted molar refractivity (Wildman–Crippen MR) is 105 cm³/mol. The first-order valence-corrected chi connectivity index (χ1v) is 9.69. The smallest absolute Gasteiger partial charge is 0.191 e. The molecular formula is C20H33FN4O. The number of nitrogens with one attached hydrogen (secondary N) is 2. The van der Waals surface area contributed by atoms with Crippen LogP contribution >= 0.6 is 0 Å². The molecule has 1 aliphatic rings. The third-order valence-corrected chi connectivity index (χ3v) is 4.60. The van der Waals surface area contributed by atoms with Gasteiger partial charge in [-0.15, -0.1) is 0 Å². The van der Waals surface area contributed by atoms with Crippen LogP contribution in [0.5, 0.6) is 5.75 Å². The standard InChI is InChI=1S/C20H33FN4O/c1-5-22-20(24-18-10-12-25(13-11-18)15(2)3)23-14-16(4)26-19-8-6-17(21)7-9-19/h6-9,15-16,18H,5,10-14H2,1-4H3,(H2,22,23,24). The van der Waals surface area contributed by atoms with Crippen LogP contribution < -0.4 is 15.4 Å². The first kappa shape index (κ1) is 20.5. The van der Waals surface area contributed by atoms with Crippen LogP contribution in [0.25, 0.3) is 0 Å². The topological polar surface area (TPSA) is 48.9 Å². The molecule has 0 aromatic heterocycles. The summed E-state index contributed by atoms with van der Waals surface area (Å²) in [6, 6.07) is 7.16. The third kappa shape index (κ3) is 6.83. The minimum Gasteiger partial charge on any atom is -0.489 e. The van der Waals surface area contributed by atoms with Crippen LogP contribution in [0.3, 0.4) is 0 Å². The molecule has 146 valence electrons. The van der Waals surface area contributed by atoms with Crippen LogP contribution in [0, 0.1) is 5.82 Å². The number of likely N-dealkylation sites (tertiary alicyclic amines) is 1. The van der Waals surface area contributed by atoms with Crippen molar-refractivity contribution in [1.82, 2.24) is 15.5 Å². The molecule has 0 bridgehead atoms. The minimum atomic E-state index is -0.259. The summed E-state index contributed by atoms with van der Waals surface area (Å²) < 4.78 is 18.7. The Morgan fingerprint density at radius 2 is 1.88 bits per heavy atom. The van der Waals surface area contributed by atoms with Crippen molar-refractivity contribution in [3.8, 4) is 5.75 Å². The van der Waals surface area contributed by atoms with Crippen LogP contribution in [0.4, 0.5) is 4.39 Å². The molecule has 1 aliphatic heterocycles. The van der Waals surface area contributed by atoms with E-state index in [4.69, 9.17) is 4.74 Å². The van der Waals surface area contributed by atoms with E-state index in [1.807, 2.05) is 6.92 Å². The highest BCUT2D eigenvalue weighted by Gasteiger charge is 2.21. The average Bonchev–Trinajstić information content (AvgIpc) is 2.62. The third-order valence-electron chi connectivity index (χ3n) is 4.60. The first-order valence-electron chi connectivity index (χ1n) is 9.69. The number of halogens is 1. The van der Waals surface area contributed by atoms with E-state index in [-0.39, 0.29) is 11.9 Å². The number of hydrogen-bond donors (Lipinski definition) is 2. The molecule has 1 aromatic carbocycles. The molecule has 1 aromatic rings. The van der Waals surface area contributed by atoms with Gasteiger partial charge in [-0.25, -0.2) is 9.38 Å². The number of hydrogen-bond acceptors (Lipinski definition) is 3. The van der Waals surface area contributed by atoms with Crippen molar-refractivity contribution in [2.24, 2.45) is 4.99 Å². The molecule has 26 heavy (non-hydrogen) atoms. The Balaban J connectivity index is 1.82. The van der Waals surface area contributed by atoms with E-state index < -0.39 is 0 Å². The number of nitrogens with zero attached hydrogens (tertiary/aromatic N) is 2. The zero-order chi connectivity index (χ0) is 18.9. The van der Waals surface area contributed by atoms with E-state index in [2.05, 4.69) is 41.3 Å². The summed E-state index contributed by atoms with van der Waals surface area (Å²) >= 11 is 0. The van der Waals surface area contributed by atoms with Crippen molar-refractivity contribution in [2.45, 2.75) is 58.7 Å². The summed E-state index contributed by atoms with van der Waals surface area (Å²) in [6.45, 7) is 12.1. The molecule has 0 aliphatic carbocycles. The van der Waals surface area contributed by atoms with Gasteiger partial charge in [0.15, 0.2) is 5.96 Å². The van der Waals surface area contributed by atoms with Gasteiger partial charge in [0.05, 0.1) is 6.54 Å². The number of aliphatic imine (C=N–C) groups is 1. The second-order valence-corrected chi connectivity index (χ2v) is 7.15. The summed E-state index contributed by atoms with van der Waals surface area (Å²) in [5.74, 6) is 1.24. The number of ether oxygens (including phenoxy) is 1. The summed E-state index contributed by atoms with van der Waals surface area (Å²) in [7, 11) is 0. The molecule has 2 rings (SSSR count). The number of guanidine groups is 1. The van der Waals surface area contributed by atoms with Gasteiger partial charge in [0.2, 0.25) is 0 Å². The van der Waals surface area contributed by atoms with E-state index in [9.17, 15) is 4.39 Å². The lowest BCUT2D eigenvalue weighted by Gasteiger charge is -2.35. The lowest BCUT2D eigenvalue weighted by molar-refractivity contribution is 0.167. The Labute approximate surface area is 157 Å². The maximum atomic E-state index is 13.0. The fraction of sp³-hybridized carbons (Fsp3) is 0.650. The zero-order valence-electron chi connectivity index (χ0n) is 16.5. The highest BCUT2D eigenvalue weighted by molar-refractivity contribution is 5.80. The normalized spacial score (nSPS) is 18.0. The Kier molecular flexibility index (Phi) is 8.16. The predicted octanol–water partition coefficient (Wildman–Crippen LogP) is 3.02. The van der Waals surface area contributed by atoms with Crippen LogP contribution in [0.15, 0.2) is 29.3 Å². The highest BCUT2D eigenvalue weighted by Crippen LogP contribution is 2.14. The van der Waals surface area contributed by atoms with Crippen molar-refractivity contribution in [1.29, 1.82) is 0 Å². The quantitative estimate of drug-likeness (QED) is 0.577. The van der Waals surface area contributed by atoms with Gasteiger partial charge in [-0.1, -0.05) is 0 Å². The van der Waals surface area contributed by atoms with E-state index in [0.717, 1.165) is 38.4 Å². The number of benzene rings is 1. The van der Waals surface area contributed by atoms with Crippen molar-refractivity contribution >= 4 is 5.96 Å². The summed E-state index contributed by atoms with van der Waals surface area (Å²) in [5, 5.41) is 6.86. The van der Waals surface area contributed by atoms with Gasteiger partial charge >= 0.3 is 0 Å². The molecule has 1 atom stereocenters. The van der Waals surface area contributed by atoms with Gasteiger partial charge in [0.1, 0.15) is 17.7 Å². The molecule has 1 fully saturated rings. The maximum Gasteiger partial charge on any atom is 0.191 e. The Bertz CT molecular complexity index is 553. The number of rotatable bonds is 7. The lowest BCUT2D eigenvalue weighted by atomic mass is 10.0. The van der Waals surface area contributed by atoms with Crippen LogP contribution in [-0.4, -0.2) is 55.2 Å². The van der Waals surface area contributed by atoms with Gasteiger partial charge in [0, 0.05) is 31.7 Å². The Morgan fingerprint density at radius 1 is 1.23 bits per heavy atom. The van der Waals surface area contributed by atoms with Crippen LogP contribution in [0.2, 0.25) is 0 Å². The van der Waals surface area contributed by atoms with Crippen molar-refractivity contribution in [3.63, 3.8) is 0 Å². The lowest BCUT2D eigenvalue weighted by Crippen LogP contribution is -2.50. The van der Waals surface area contributed by atoms with E-state index in [1.165, 1.54) is 12.1 Å². The second-order valence-electron chi connectivity index (χ2n) is 7.15. The summed E-state index contributed by atoms with van der Waals surface area (Å²) in [5.41, 5.74) is 0. The fourth-order valence-corrected chi connectivity index (χ4v) is 3.08. The molecule has 5 nitrogen and oxygen atoms in total. The molecule has 6 heteroatoms. The first-order chi connectivity index (χ1) is 12.5. The van der Waals surface area contributed by atoms with Gasteiger partial charge in [-0.2, -0.15) is 0 Å². The molecular weight excluding hydrogens is 331 g/mol. The molecule has 2 N–H and O–H groups in total. The van der Waals surface area contributed by atoms with E-state index in [0.29, 0.717) is 24.4 Å². The van der Waals surface area contributed by atoms with Gasteiger partial charge < -0.3 is 20.3 Å². The van der Waals surface area contributed by atoms with Gasteiger partial charge in [-0.3, -0.25) is 0 Å². The summed E-state index contributed by atoms with van der Waals surface area (Å²) in [4.78, 5) is 7.17. The van der Waals surface area contributed by atoms with Crippen molar-refractivity contribution < 1.29 is 9.13 Å². The maximum absolute atomic E-state index is 13.0. The van der Waals surface area contributed by atoms with Gasteiger partial charge in [-0.05, 0) is 64.8 Å². The highest BCUT2D eigenvalue weighted by atomic mass is 19.1. The Hall–Kier alpha value is -1.82. The molecule has 0 spiro atoms. The molecule has 0 radical (unpaired) electrons. The Morgan fingerprint density at radius 3 is 2.46 bits per heavy atom. The zero-order valence-corrected chi connectivity index (χ0v) is 16.5. The SMILES string of the molecule is CCNC(=NCC(C)Oc1ccc(F)cc1)NC1CCN(C(C)C)CC1. The minimum absolute atomic E-state index is 0.0845. The van der Waals surface area contributed by atoms with Crippen molar-refractivity contribution in [3.05, 3.63) is 30.1 Å². The van der Waals surface area contributed by atoms with Gasteiger partial charge in [0.25, 0.3) is 0 Å².